The van der Waals surface area contributed by atoms with Crippen LogP contribution in [0, 0.1) is 17.3 Å². The molecule has 70 valence electrons. The number of ketones is 1. The third-order valence-electron chi connectivity index (χ3n) is 2.59. The summed E-state index contributed by atoms with van der Waals surface area (Å²) in [6.07, 6.45) is 0.995. The second-order valence-corrected chi connectivity index (χ2v) is 4.69. The quantitative estimate of drug-likeness (QED) is 0.456. The molecule has 0 aromatic rings. The van der Waals surface area contributed by atoms with Gasteiger partial charge in [-0.3, -0.25) is 4.79 Å². The molecule has 4 heteroatoms. The number of halogens is 2. The maximum atomic E-state index is 11.2. The Balaban J connectivity index is 2.29. The van der Waals surface area contributed by atoms with Gasteiger partial charge in [0.1, 0.15) is 6.61 Å². The normalized spacial score (nSPS) is 36.0. The Morgan fingerprint density at radius 2 is 2.23 bits per heavy atom. The molecular weight excluding hydrogens is 211 g/mol. The Morgan fingerprint density at radius 3 is 2.85 bits per heavy atom. The predicted molar refractivity (Wildman–Crippen MR) is 49.7 cm³/mol. The first-order chi connectivity index (χ1) is 6.08. The summed E-state index contributed by atoms with van der Waals surface area (Å²) >= 11 is 11.8. The van der Waals surface area contributed by atoms with E-state index in [1.807, 2.05) is 0 Å². The largest absolute Gasteiger partial charge is 0.369 e. The summed E-state index contributed by atoms with van der Waals surface area (Å²) in [5, 5.41) is 0. The Hall–Kier alpha value is -0.230. The Labute approximate surface area is 86.5 Å². The van der Waals surface area contributed by atoms with Gasteiger partial charge in [-0.1, -0.05) is 35.0 Å². The highest BCUT2D eigenvalue weighted by Crippen LogP contribution is 2.56. The Bertz CT molecular complexity index is 313. The van der Waals surface area contributed by atoms with Crippen molar-refractivity contribution in [1.82, 2.24) is 0 Å². The molecule has 1 saturated carbocycles. The van der Waals surface area contributed by atoms with Crippen molar-refractivity contribution < 1.29 is 9.53 Å². The van der Waals surface area contributed by atoms with E-state index >= 15 is 0 Å². The number of rotatable bonds is 0. The van der Waals surface area contributed by atoms with Crippen LogP contribution < -0.4 is 0 Å². The molecule has 0 saturated heterocycles. The third kappa shape index (κ3) is 1.19. The van der Waals surface area contributed by atoms with Crippen LogP contribution in [0.5, 0.6) is 0 Å². The standard InChI is InChI=1S/C9H8Cl2O2/c10-9(11)7(12)6-8(9)2-1-4-13-5-3-8/h3-6H2. The number of ether oxygens (including phenoxy) is 1. The second-order valence-electron chi connectivity index (χ2n) is 3.36. The van der Waals surface area contributed by atoms with Gasteiger partial charge in [0.2, 0.25) is 0 Å². The predicted octanol–water partition coefficient (Wildman–Crippen LogP) is 1.54. The number of carbonyl (C=O) groups excluding carboxylic acids is 1. The van der Waals surface area contributed by atoms with E-state index in [0.717, 1.165) is 0 Å². The summed E-state index contributed by atoms with van der Waals surface area (Å²) in [7, 11) is 0. The van der Waals surface area contributed by atoms with Crippen molar-refractivity contribution in [3.8, 4) is 11.8 Å². The highest BCUT2D eigenvalue weighted by molar-refractivity contribution is 6.61. The molecule has 2 nitrogen and oxygen atoms in total. The number of hydrogen-bond acceptors (Lipinski definition) is 2. The van der Waals surface area contributed by atoms with Gasteiger partial charge < -0.3 is 4.74 Å². The van der Waals surface area contributed by atoms with Gasteiger partial charge in [-0.05, 0) is 6.42 Å². The van der Waals surface area contributed by atoms with Crippen LogP contribution in [0.25, 0.3) is 0 Å². The summed E-state index contributed by atoms with van der Waals surface area (Å²) in [4.78, 5) is 11.2. The van der Waals surface area contributed by atoms with Crippen molar-refractivity contribution in [3.63, 3.8) is 0 Å². The molecule has 1 aliphatic carbocycles. The first-order valence-electron chi connectivity index (χ1n) is 4.07. The minimum Gasteiger partial charge on any atom is -0.369 e. The van der Waals surface area contributed by atoms with Crippen molar-refractivity contribution in [2.75, 3.05) is 13.2 Å². The number of hydrogen-bond donors (Lipinski definition) is 0. The maximum absolute atomic E-state index is 11.2. The van der Waals surface area contributed by atoms with Gasteiger partial charge in [-0.2, -0.15) is 0 Å². The summed E-state index contributed by atoms with van der Waals surface area (Å²) in [6, 6.07) is 0. The van der Waals surface area contributed by atoms with Gasteiger partial charge in [0.25, 0.3) is 0 Å². The molecule has 0 N–H and O–H groups in total. The first kappa shape index (κ1) is 9.33. The third-order valence-corrected chi connectivity index (χ3v) is 3.73. The molecule has 1 spiro atoms. The molecule has 13 heavy (non-hydrogen) atoms. The molecule has 0 radical (unpaired) electrons. The molecule has 1 atom stereocenters. The van der Waals surface area contributed by atoms with Gasteiger partial charge in [0, 0.05) is 13.0 Å². The maximum Gasteiger partial charge on any atom is 0.192 e. The first-order valence-corrected chi connectivity index (χ1v) is 4.83. The van der Waals surface area contributed by atoms with E-state index in [2.05, 4.69) is 11.8 Å². The van der Waals surface area contributed by atoms with Crippen molar-refractivity contribution >= 4 is 29.0 Å². The van der Waals surface area contributed by atoms with Gasteiger partial charge in [-0.25, -0.2) is 0 Å². The zero-order chi connectivity index (χ0) is 9.53. The zero-order valence-corrected chi connectivity index (χ0v) is 8.41. The van der Waals surface area contributed by atoms with Crippen LogP contribution in [0.4, 0.5) is 0 Å². The number of alkyl halides is 2. The van der Waals surface area contributed by atoms with Crippen molar-refractivity contribution in [3.05, 3.63) is 0 Å². The molecule has 1 aliphatic heterocycles. The van der Waals surface area contributed by atoms with Crippen LogP contribution in [0.2, 0.25) is 0 Å². The summed E-state index contributed by atoms with van der Waals surface area (Å²) in [5.41, 5.74) is -0.552. The van der Waals surface area contributed by atoms with Gasteiger partial charge >= 0.3 is 0 Å². The highest BCUT2D eigenvalue weighted by Gasteiger charge is 2.63. The van der Waals surface area contributed by atoms with E-state index in [1.165, 1.54) is 0 Å². The summed E-state index contributed by atoms with van der Waals surface area (Å²) in [5.74, 6) is 5.65. The van der Waals surface area contributed by atoms with Crippen LogP contribution in [-0.4, -0.2) is 23.3 Å². The topological polar surface area (TPSA) is 26.3 Å². The molecule has 1 unspecified atom stereocenters. The average molecular weight is 219 g/mol. The second kappa shape index (κ2) is 2.88. The fourth-order valence-electron chi connectivity index (χ4n) is 1.66. The molecule has 1 fully saturated rings. The lowest BCUT2D eigenvalue weighted by Gasteiger charge is -2.46. The lowest BCUT2D eigenvalue weighted by atomic mass is 9.65. The van der Waals surface area contributed by atoms with Crippen LogP contribution in [0.1, 0.15) is 12.8 Å². The SMILES string of the molecule is O=C1CC2(C#CCOCC2)C1(Cl)Cl. The van der Waals surface area contributed by atoms with Gasteiger partial charge in [0.05, 0.1) is 5.41 Å². The van der Waals surface area contributed by atoms with E-state index in [0.29, 0.717) is 26.1 Å². The Morgan fingerprint density at radius 1 is 1.46 bits per heavy atom. The van der Waals surface area contributed by atoms with E-state index in [-0.39, 0.29) is 5.78 Å². The monoisotopic (exact) mass is 218 g/mol. The van der Waals surface area contributed by atoms with Crippen LogP contribution in [0.15, 0.2) is 0 Å². The number of carbonyl (C=O) groups is 1. The minimum atomic E-state index is -1.31. The fraction of sp³-hybridized carbons (Fsp3) is 0.667. The lowest BCUT2D eigenvalue weighted by molar-refractivity contribution is -0.131. The van der Waals surface area contributed by atoms with Crippen molar-refractivity contribution in [1.29, 1.82) is 0 Å². The minimum absolute atomic E-state index is 0.132. The molecule has 0 bridgehead atoms. The number of Topliss-reactive ketones (excluding diaryl/α,β-unsaturated/α-hetero) is 1. The molecule has 0 aromatic carbocycles. The van der Waals surface area contributed by atoms with Crippen molar-refractivity contribution in [2.45, 2.75) is 17.2 Å². The summed E-state index contributed by atoms with van der Waals surface area (Å²) < 4.78 is 3.84. The average Bonchev–Trinajstić information content (AvgIpc) is 2.32. The van der Waals surface area contributed by atoms with E-state index in [1.54, 1.807) is 0 Å². The Kier molecular flexibility index (Phi) is 2.07. The van der Waals surface area contributed by atoms with Gasteiger partial charge in [0.15, 0.2) is 10.1 Å². The van der Waals surface area contributed by atoms with Crippen LogP contribution in [-0.2, 0) is 9.53 Å². The molecular formula is C9H8Cl2O2. The molecule has 0 amide bonds. The van der Waals surface area contributed by atoms with E-state index < -0.39 is 9.75 Å². The highest BCUT2D eigenvalue weighted by atomic mass is 35.5. The smallest absolute Gasteiger partial charge is 0.192 e. The van der Waals surface area contributed by atoms with Gasteiger partial charge in [-0.15, -0.1) is 0 Å². The van der Waals surface area contributed by atoms with E-state index in [4.69, 9.17) is 27.9 Å². The molecule has 0 aromatic heterocycles. The zero-order valence-electron chi connectivity index (χ0n) is 6.90. The summed E-state index contributed by atoms with van der Waals surface area (Å²) in [6.45, 7) is 0.953. The van der Waals surface area contributed by atoms with Crippen LogP contribution >= 0.6 is 23.2 Å². The van der Waals surface area contributed by atoms with Crippen LogP contribution in [0.3, 0.4) is 0 Å². The fourth-order valence-corrected chi connectivity index (χ4v) is 2.21. The molecule has 2 aliphatic rings. The molecule has 2 rings (SSSR count). The van der Waals surface area contributed by atoms with Crippen molar-refractivity contribution in [2.24, 2.45) is 5.41 Å². The lowest BCUT2D eigenvalue weighted by Crippen LogP contribution is -2.57. The van der Waals surface area contributed by atoms with E-state index in [9.17, 15) is 4.79 Å². The molecule has 1 heterocycles.